The van der Waals surface area contributed by atoms with Crippen molar-refractivity contribution in [3.05, 3.63) is 47.5 Å². The Morgan fingerprint density at radius 2 is 1.62 bits per heavy atom. The minimum Gasteiger partial charge on any atom is -0.352 e. The molecule has 42 heavy (non-hydrogen) atoms. The summed E-state index contributed by atoms with van der Waals surface area (Å²) in [5.74, 6) is 1.90. The number of nitrogens with one attached hydrogen (secondary N) is 1. The van der Waals surface area contributed by atoms with E-state index in [1.807, 2.05) is 6.07 Å². The monoisotopic (exact) mass is 573 g/mol. The molecule has 1 N–H and O–H groups in total. The minimum atomic E-state index is -0.283. The Bertz CT molecular complexity index is 1270. The van der Waals surface area contributed by atoms with E-state index in [9.17, 15) is 4.79 Å². The van der Waals surface area contributed by atoms with Crippen LogP contribution in [-0.2, 0) is 20.8 Å². The first-order valence-electron chi connectivity index (χ1n) is 17.0. The molecule has 1 aromatic carbocycles. The minimum absolute atomic E-state index is 0.117. The number of carbonyl (C=O) groups is 1. The van der Waals surface area contributed by atoms with Crippen LogP contribution in [0.3, 0.4) is 0 Å². The number of allylic oxidation sites excluding steroid dienone is 2. The number of amides is 1. The third-order valence-electron chi connectivity index (χ3n) is 14.8. The number of benzene rings is 1. The highest BCUT2D eigenvalue weighted by molar-refractivity contribution is 5.84. The van der Waals surface area contributed by atoms with Gasteiger partial charge in [-0.3, -0.25) is 4.79 Å². The van der Waals surface area contributed by atoms with E-state index in [1.54, 1.807) is 5.57 Å². The van der Waals surface area contributed by atoms with E-state index >= 15 is 0 Å². The highest BCUT2D eigenvalue weighted by Crippen LogP contribution is 2.76. The Balaban J connectivity index is 1.25. The fraction of sp³-hybridized carbons (Fsp3) is 0.763. The molecule has 1 saturated heterocycles. The standard InChI is InChI=1S/C38H55NO3/c1-33(2)17-19-38(32(40)39-23-25-11-9-8-10-12-25)20-18-36(6)26(27(38)21-33)13-14-30-35(5)22-28-31(42-24-41-28)34(3,4)29(35)15-16-37(30,36)7/h8-13,27-31H,14-24H2,1-7H3,(H,39,40)/t27-,28+,29-,30+,31-,35-,36+,37+,38-/m0/s1. The van der Waals surface area contributed by atoms with Gasteiger partial charge >= 0.3 is 0 Å². The summed E-state index contributed by atoms with van der Waals surface area (Å²) >= 11 is 0. The molecule has 0 aromatic heterocycles. The van der Waals surface area contributed by atoms with Crippen molar-refractivity contribution in [3.63, 3.8) is 0 Å². The fourth-order valence-electron chi connectivity index (χ4n) is 12.4. The third-order valence-corrected chi connectivity index (χ3v) is 14.8. The van der Waals surface area contributed by atoms with Gasteiger partial charge in [0.15, 0.2) is 0 Å². The lowest BCUT2D eigenvalue weighted by Gasteiger charge is -2.71. The van der Waals surface area contributed by atoms with Gasteiger partial charge in [0, 0.05) is 6.54 Å². The van der Waals surface area contributed by atoms with Crippen LogP contribution in [0.1, 0.15) is 112 Å². The number of hydrogen-bond acceptors (Lipinski definition) is 3. The molecule has 1 aromatic rings. The zero-order chi connectivity index (χ0) is 29.8. The lowest BCUT2D eigenvalue weighted by Crippen LogP contribution is -2.67. The predicted molar refractivity (Wildman–Crippen MR) is 167 cm³/mol. The van der Waals surface area contributed by atoms with Gasteiger partial charge in [0.25, 0.3) is 0 Å². The summed E-state index contributed by atoms with van der Waals surface area (Å²) in [4.78, 5) is 14.3. The third kappa shape index (κ3) is 3.88. The fourth-order valence-corrected chi connectivity index (χ4v) is 12.4. The number of rotatable bonds is 3. The van der Waals surface area contributed by atoms with Gasteiger partial charge in [-0.2, -0.15) is 0 Å². The van der Waals surface area contributed by atoms with E-state index in [2.05, 4.69) is 84.1 Å². The number of carbonyl (C=O) groups excluding carboxylic acids is 1. The van der Waals surface area contributed by atoms with E-state index in [-0.39, 0.29) is 44.7 Å². The SMILES string of the molecule is CC1(C)CC[C@]2(C(=O)NCc3ccccc3)CC[C@]3(C)C(=CC[C@@H]4[C@@]5(C)C[C@H]6OCO[C@@H]6C(C)(C)[C@@H]5CC[C@]43C)[C@@H]2C1. The van der Waals surface area contributed by atoms with Gasteiger partial charge in [-0.1, -0.05) is 90.4 Å². The van der Waals surface area contributed by atoms with Crippen molar-refractivity contribution >= 4 is 5.91 Å². The first-order chi connectivity index (χ1) is 19.8. The molecule has 6 aliphatic rings. The lowest BCUT2D eigenvalue weighted by atomic mass is 9.33. The maximum atomic E-state index is 14.3. The highest BCUT2D eigenvalue weighted by Gasteiger charge is 2.70. The molecular weight excluding hydrogens is 518 g/mol. The van der Waals surface area contributed by atoms with Gasteiger partial charge in [-0.05, 0) is 108 Å². The quantitative estimate of drug-likeness (QED) is 0.369. The first kappa shape index (κ1) is 29.1. The molecule has 0 spiro atoms. The molecule has 1 amide bonds. The molecule has 0 bridgehead atoms. The van der Waals surface area contributed by atoms with Gasteiger partial charge in [0.2, 0.25) is 5.91 Å². The van der Waals surface area contributed by atoms with Crippen LogP contribution in [0.2, 0.25) is 0 Å². The van der Waals surface area contributed by atoms with Crippen LogP contribution in [0.25, 0.3) is 0 Å². The smallest absolute Gasteiger partial charge is 0.227 e. The summed E-state index contributed by atoms with van der Waals surface area (Å²) in [6, 6.07) is 10.4. The van der Waals surface area contributed by atoms with Crippen molar-refractivity contribution < 1.29 is 14.3 Å². The molecule has 5 fully saturated rings. The van der Waals surface area contributed by atoms with Crippen LogP contribution in [0.15, 0.2) is 42.0 Å². The van der Waals surface area contributed by atoms with Crippen LogP contribution in [-0.4, -0.2) is 24.9 Å². The van der Waals surface area contributed by atoms with E-state index in [0.29, 0.717) is 37.0 Å². The van der Waals surface area contributed by atoms with Crippen molar-refractivity contribution in [1.82, 2.24) is 5.32 Å². The van der Waals surface area contributed by atoms with Gasteiger partial charge in [0.05, 0.1) is 17.6 Å². The Morgan fingerprint density at radius 1 is 0.881 bits per heavy atom. The van der Waals surface area contributed by atoms with Crippen LogP contribution < -0.4 is 5.32 Å². The van der Waals surface area contributed by atoms with Crippen molar-refractivity contribution in [2.75, 3.05) is 6.79 Å². The van der Waals surface area contributed by atoms with Gasteiger partial charge in [0.1, 0.15) is 6.79 Å². The summed E-state index contributed by atoms with van der Waals surface area (Å²) in [7, 11) is 0. The van der Waals surface area contributed by atoms with Crippen molar-refractivity contribution in [2.45, 2.75) is 125 Å². The predicted octanol–water partition coefficient (Wildman–Crippen LogP) is 8.46. The molecule has 1 aliphatic heterocycles. The molecule has 4 saturated carbocycles. The van der Waals surface area contributed by atoms with Crippen LogP contribution in [0, 0.1) is 50.2 Å². The Labute approximate surface area is 254 Å². The Morgan fingerprint density at radius 3 is 2.38 bits per heavy atom. The molecule has 1 heterocycles. The second kappa shape index (κ2) is 9.43. The topological polar surface area (TPSA) is 47.6 Å². The molecule has 0 radical (unpaired) electrons. The lowest BCUT2D eigenvalue weighted by molar-refractivity contribution is -0.210. The van der Waals surface area contributed by atoms with Crippen LogP contribution in [0.4, 0.5) is 0 Å². The molecule has 4 nitrogen and oxygen atoms in total. The van der Waals surface area contributed by atoms with Crippen LogP contribution in [0.5, 0.6) is 0 Å². The van der Waals surface area contributed by atoms with E-state index in [1.165, 1.54) is 18.4 Å². The Kier molecular flexibility index (Phi) is 6.53. The summed E-state index contributed by atoms with van der Waals surface area (Å²) in [5, 5.41) is 3.44. The molecule has 0 unspecified atom stereocenters. The van der Waals surface area contributed by atoms with E-state index < -0.39 is 0 Å². The van der Waals surface area contributed by atoms with Gasteiger partial charge in [-0.25, -0.2) is 0 Å². The Hall–Kier alpha value is -1.65. The summed E-state index contributed by atoms with van der Waals surface area (Å²) in [5.41, 5.74) is 3.49. The zero-order valence-electron chi connectivity index (χ0n) is 27.4. The van der Waals surface area contributed by atoms with Crippen molar-refractivity contribution in [3.8, 4) is 0 Å². The van der Waals surface area contributed by atoms with Gasteiger partial charge in [-0.15, -0.1) is 0 Å². The second-order valence-corrected chi connectivity index (χ2v) is 17.5. The van der Waals surface area contributed by atoms with Gasteiger partial charge < -0.3 is 14.8 Å². The molecule has 7 rings (SSSR count). The molecule has 4 heteroatoms. The average molecular weight is 574 g/mol. The van der Waals surface area contributed by atoms with E-state index in [0.717, 1.165) is 44.9 Å². The number of fused-ring (bicyclic) bond motifs is 8. The summed E-state index contributed by atoms with van der Waals surface area (Å²) < 4.78 is 12.5. The maximum absolute atomic E-state index is 14.3. The van der Waals surface area contributed by atoms with Crippen molar-refractivity contribution in [1.29, 1.82) is 0 Å². The number of hydrogen-bond donors (Lipinski definition) is 1. The average Bonchev–Trinajstić information content (AvgIpc) is 3.41. The number of ether oxygens (including phenoxy) is 2. The largest absolute Gasteiger partial charge is 0.352 e. The molecule has 230 valence electrons. The normalized spacial score (nSPS) is 46.6. The highest BCUT2D eigenvalue weighted by atomic mass is 16.7. The van der Waals surface area contributed by atoms with E-state index in [4.69, 9.17) is 9.47 Å². The summed E-state index contributed by atoms with van der Waals surface area (Å²) in [6.45, 7) is 18.8. The molecule has 9 atom stereocenters. The maximum Gasteiger partial charge on any atom is 0.227 e. The second-order valence-electron chi connectivity index (χ2n) is 17.5. The van der Waals surface area contributed by atoms with Crippen molar-refractivity contribution in [2.24, 2.45) is 50.2 Å². The molecular formula is C38H55NO3. The first-order valence-corrected chi connectivity index (χ1v) is 17.0. The molecule has 5 aliphatic carbocycles. The summed E-state index contributed by atoms with van der Waals surface area (Å²) in [6.07, 6.45) is 13.3. The zero-order valence-corrected chi connectivity index (χ0v) is 27.4. The van der Waals surface area contributed by atoms with Crippen LogP contribution >= 0.6 is 0 Å².